The van der Waals surface area contributed by atoms with E-state index in [2.05, 4.69) is 0 Å². The highest BCUT2D eigenvalue weighted by Crippen LogP contribution is 2.39. The first-order valence-corrected chi connectivity index (χ1v) is 18.2. The molecule has 0 unspecified atom stereocenters. The first-order valence-electron chi connectivity index (χ1n) is 18.2. The number of hydrogen-bond donors (Lipinski definition) is 0. The molecule has 0 N–H and O–H groups in total. The lowest BCUT2D eigenvalue weighted by atomic mass is 10.1. The van der Waals surface area contributed by atoms with Crippen LogP contribution in [0.2, 0.25) is 0 Å². The normalized spacial score (nSPS) is 12.1. The zero-order valence-corrected chi connectivity index (χ0v) is 33.0. The third-order valence-corrected chi connectivity index (χ3v) is 6.40. The largest absolute Gasteiger partial charge is 0.487 e. The van der Waals surface area contributed by atoms with Crippen LogP contribution in [0.15, 0.2) is 12.1 Å². The van der Waals surface area contributed by atoms with Crippen LogP contribution in [0.5, 0.6) is 17.2 Å². The zero-order chi connectivity index (χ0) is 37.8. The molecule has 0 fully saturated rings. The van der Waals surface area contributed by atoms with Gasteiger partial charge in [0.05, 0.1) is 103 Å². The fraction of sp³-hybridized carbons (Fsp3) is 0.816. The maximum absolute atomic E-state index is 12.4. The SMILES string of the molecule is CC(=O)c1cc(OCCOCCOCCOC(C)C)c(OCCOCCCOCCOC(C)(C)C)c(OCCOCCOCCOC(C)(C)C)c1. The number of Topliss-reactive ketones (excluding diaryl/α,β-unsaturated/α-hetero) is 1. The Morgan fingerprint density at radius 3 is 1.25 bits per heavy atom. The molecule has 0 aliphatic heterocycles. The second-order valence-corrected chi connectivity index (χ2v) is 13.8. The Kier molecular flexibility index (Phi) is 26.2. The van der Waals surface area contributed by atoms with Crippen molar-refractivity contribution in [3.05, 3.63) is 17.7 Å². The third kappa shape index (κ3) is 28.2. The van der Waals surface area contributed by atoms with E-state index < -0.39 is 0 Å². The van der Waals surface area contributed by atoms with Crippen molar-refractivity contribution in [2.75, 3.05) is 119 Å². The zero-order valence-electron chi connectivity index (χ0n) is 33.0. The summed E-state index contributed by atoms with van der Waals surface area (Å²) in [5.74, 6) is 0.994. The van der Waals surface area contributed by atoms with Crippen LogP contribution in [0.4, 0.5) is 0 Å². The Balaban J connectivity index is 2.63. The van der Waals surface area contributed by atoms with Gasteiger partial charge in [0, 0.05) is 18.8 Å². The van der Waals surface area contributed by atoms with Crippen molar-refractivity contribution >= 4 is 5.78 Å². The van der Waals surface area contributed by atoms with Gasteiger partial charge >= 0.3 is 0 Å². The fourth-order valence-corrected chi connectivity index (χ4v) is 4.03. The predicted octanol–water partition coefficient (Wildman–Crippen LogP) is 5.57. The monoisotopic (exact) mass is 732 g/mol. The van der Waals surface area contributed by atoms with E-state index in [9.17, 15) is 4.79 Å². The number of benzene rings is 1. The van der Waals surface area contributed by atoms with Crippen LogP contribution in [0.3, 0.4) is 0 Å². The molecule has 0 aliphatic carbocycles. The van der Waals surface area contributed by atoms with Crippen LogP contribution in [-0.4, -0.2) is 142 Å². The van der Waals surface area contributed by atoms with Crippen molar-refractivity contribution in [2.45, 2.75) is 86.0 Å². The van der Waals surface area contributed by atoms with Crippen LogP contribution < -0.4 is 14.2 Å². The summed E-state index contributed by atoms with van der Waals surface area (Å²) < 4.78 is 68.8. The molecule has 0 bridgehead atoms. The van der Waals surface area contributed by atoms with Crippen LogP contribution in [0.1, 0.15) is 79.1 Å². The Morgan fingerprint density at radius 2 is 0.863 bits per heavy atom. The van der Waals surface area contributed by atoms with Gasteiger partial charge in [0.15, 0.2) is 17.3 Å². The smallest absolute Gasteiger partial charge is 0.203 e. The van der Waals surface area contributed by atoms with Crippen molar-refractivity contribution in [2.24, 2.45) is 0 Å². The molecule has 1 rings (SSSR count). The van der Waals surface area contributed by atoms with Gasteiger partial charge in [-0.15, -0.1) is 0 Å². The number of ether oxygens (including phenoxy) is 12. The lowest BCUT2D eigenvalue weighted by molar-refractivity contribution is -0.0433. The summed E-state index contributed by atoms with van der Waals surface area (Å²) in [6.45, 7) is 25.2. The molecule has 0 amide bonds. The van der Waals surface area contributed by atoms with Gasteiger partial charge in [-0.3, -0.25) is 4.79 Å². The fourth-order valence-electron chi connectivity index (χ4n) is 4.03. The van der Waals surface area contributed by atoms with Crippen molar-refractivity contribution in [3.63, 3.8) is 0 Å². The highest BCUT2D eigenvalue weighted by Gasteiger charge is 2.18. The van der Waals surface area contributed by atoms with Gasteiger partial charge < -0.3 is 56.8 Å². The number of rotatable bonds is 33. The van der Waals surface area contributed by atoms with Gasteiger partial charge in [-0.2, -0.15) is 0 Å². The Labute approximate surface area is 307 Å². The van der Waals surface area contributed by atoms with Crippen LogP contribution >= 0.6 is 0 Å². The number of ketones is 1. The summed E-state index contributed by atoms with van der Waals surface area (Å²) in [7, 11) is 0. The summed E-state index contributed by atoms with van der Waals surface area (Å²) in [6.07, 6.45) is 0.922. The van der Waals surface area contributed by atoms with Crippen LogP contribution in [-0.2, 0) is 42.6 Å². The minimum absolute atomic E-state index is 0.134. The highest BCUT2D eigenvalue weighted by atomic mass is 16.6. The average molecular weight is 733 g/mol. The van der Waals surface area contributed by atoms with Gasteiger partial charge in [0.25, 0.3) is 0 Å². The molecular formula is C38H68O13. The summed E-state index contributed by atoms with van der Waals surface area (Å²) in [5.41, 5.74) is 0.0633. The van der Waals surface area contributed by atoms with E-state index in [4.69, 9.17) is 56.8 Å². The van der Waals surface area contributed by atoms with Crippen molar-refractivity contribution < 1.29 is 61.6 Å². The second-order valence-electron chi connectivity index (χ2n) is 13.8. The molecular weight excluding hydrogens is 664 g/mol. The van der Waals surface area contributed by atoms with E-state index in [1.54, 1.807) is 12.1 Å². The summed E-state index contributed by atoms with van der Waals surface area (Å²) >= 11 is 0. The molecule has 0 aliphatic rings. The van der Waals surface area contributed by atoms with E-state index in [0.717, 1.165) is 6.42 Å². The number of carbonyl (C=O) groups excluding carboxylic acids is 1. The van der Waals surface area contributed by atoms with Gasteiger partial charge in [-0.1, -0.05) is 0 Å². The Hall–Kier alpha value is -2.07. The second kappa shape index (κ2) is 28.4. The summed E-state index contributed by atoms with van der Waals surface area (Å²) in [5, 5.41) is 0. The molecule has 1 aromatic carbocycles. The maximum Gasteiger partial charge on any atom is 0.203 e. The minimum Gasteiger partial charge on any atom is -0.487 e. The molecule has 0 saturated heterocycles. The lowest BCUT2D eigenvalue weighted by Crippen LogP contribution is -2.22. The predicted molar refractivity (Wildman–Crippen MR) is 195 cm³/mol. The molecule has 0 atom stereocenters. The van der Waals surface area contributed by atoms with E-state index in [-0.39, 0.29) is 42.9 Å². The van der Waals surface area contributed by atoms with Gasteiger partial charge in [-0.25, -0.2) is 0 Å². The Morgan fingerprint density at radius 1 is 0.510 bits per heavy atom. The molecule has 13 nitrogen and oxygen atoms in total. The minimum atomic E-state index is -0.194. The van der Waals surface area contributed by atoms with Crippen molar-refractivity contribution in [3.8, 4) is 17.2 Å². The maximum atomic E-state index is 12.4. The standard InChI is InChI=1S/C38H68O13/c1-31(2)46-23-17-42-13-14-43-18-24-47-34-29-33(32(3)39)30-35(48-25-19-44-15-16-45-22-28-51-38(7,8)9)36(34)49-26-20-40-11-10-12-41-21-27-50-37(4,5)6/h29-31H,10-28H2,1-9H3. The number of hydrogen-bond acceptors (Lipinski definition) is 13. The molecule has 0 radical (unpaired) electrons. The van der Waals surface area contributed by atoms with Crippen LogP contribution in [0.25, 0.3) is 0 Å². The quantitative estimate of drug-likeness (QED) is 0.0661. The number of carbonyl (C=O) groups is 1. The summed E-state index contributed by atoms with van der Waals surface area (Å²) in [6, 6.07) is 3.31. The third-order valence-electron chi connectivity index (χ3n) is 6.40. The van der Waals surface area contributed by atoms with Crippen molar-refractivity contribution in [1.82, 2.24) is 0 Å². The van der Waals surface area contributed by atoms with Gasteiger partial charge in [0.1, 0.15) is 19.8 Å². The Bertz CT molecular complexity index is 1000. The van der Waals surface area contributed by atoms with E-state index in [0.29, 0.717) is 122 Å². The molecule has 0 heterocycles. The molecule has 51 heavy (non-hydrogen) atoms. The first kappa shape index (κ1) is 47.0. The lowest BCUT2D eigenvalue weighted by Gasteiger charge is -2.19. The highest BCUT2D eigenvalue weighted by molar-refractivity contribution is 5.95. The molecule has 298 valence electrons. The van der Waals surface area contributed by atoms with E-state index >= 15 is 0 Å². The topological polar surface area (TPSA) is 128 Å². The van der Waals surface area contributed by atoms with E-state index in [1.165, 1.54) is 6.92 Å². The van der Waals surface area contributed by atoms with Gasteiger partial charge in [-0.05, 0) is 80.9 Å². The molecule has 0 saturated carbocycles. The molecule has 0 spiro atoms. The van der Waals surface area contributed by atoms with Crippen LogP contribution in [0, 0.1) is 0 Å². The summed E-state index contributed by atoms with van der Waals surface area (Å²) in [4.78, 5) is 12.4. The van der Waals surface area contributed by atoms with Gasteiger partial charge in [0.2, 0.25) is 5.75 Å². The molecule has 0 aromatic heterocycles. The molecule has 1 aromatic rings. The first-order chi connectivity index (χ1) is 24.3. The molecule has 13 heteroatoms. The van der Waals surface area contributed by atoms with E-state index in [1.807, 2.05) is 55.4 Å². The average Bonchev–Trinajstić information content (AvgIpc) is 3.04. The van der Waals surface area contributed by atoms with Crippen molar-refractivity contribution in [1.29, 1.82) is 0 Å².